The maximum atomic E-state index is 14.3. The van der Waals surface area contributed by atoms with Gasteiger partial charge in [0.2, 0.25) is 0 Å². The zero-order valence-corrected chi connectivity index (χ0v) is 18.8. The number of carbonyl (C=O) groups excluding carboxylic acids is 1. The van der Waals surface area contributed by atoms with Gasteiger partial charge in [-0.1, -0.05) is 18.2 Å². The predicted octanol–water partition coefficient (Wildman–Crippen LogP) is 3.92. The molecule has 2 amide bonds. The Morgan fingerprint density at radius 1 is 1.11 bits per heavy atom. The average molecular weight is 494 g/mol. The van der Waals surface area contributed by atoms with Gasteiger partial charge in [0.05, 0.1) is 17.8 Å². The first kappa shape index (κ1) is 24.3. The number of hydrogen-bond acceptors (Lipinski definition) is 5. The molecule has 9 nitrogen and oxygen atoms in total. The summed E-state index contributed by atoms with van der Waals surface area (Å²) in [4.78, 5) is 41.0. The molecule has 2 aromatic carbocycles. The number of anilines is 1. The highest BCUT2D eigenvalue weighted by atomic mass is 19.1. The molecule has 0 aliphatic heterocycles. The molecular formula is C25H20F2N4O5. The molecule has 0 bridgehead atoms. The molecule has 2 heterocycles. The number of fused-ring (bicyclic) bond motifs is 1. The van der Waals surface area contributed by atoms with E-state index in [0.29, 0.717) is 11.1 Å². The van der Waals surface area contributed by atoms with Crippen LogP contribution in [-0.2, 0) is 11.8 Å². The molecule has 4 N–H and O–H groups in total. The van der Waals surface area contributed by atoms with E-state index < -0.39 is 53.1 Å². The first-order chi connectivity index (χ1) is 17.2. The lowest BCUT2D eigenvalue weighted by atomic mass is 9.97. The molecule has 4 rings (SSSR count). The lowest BCUT2D eigenvalue weighted by molar-refractivity contribution is -0.137. The van der Waals surface area contributed by atoms with E-state index >= 15 is 0 Å². The minimum absolute atomic E-state index is 0.0926. The van der Waals surface area contributed by atoms with Gasteiger partial charge in [-0.25, -0.2) is 18.6 Å². The van der Waals surface area contributed by atoms with Crippen molar-refractivity contribution in [3.8, 4) is 16.9 Å². The number of aromatic nitrogens is 2. The molecule has 11 heteroatoms. The lowest BCUT2D eigenvalue weighted by Crippen LogP contribution is -2.36. The number of nitrogens with one attached hydrogen (secondary N) is 2. The van der Waals surface area contributed by atoms with E-state index in [-0.39, 0.29) is 16.6 Å². The van der Waals surface area contributed by atoms with E-state index in [1.54, 1.807) is 18.2 Å². The minimum atomic E-state index is -1.23. The maximum Gasteiger partial charge on any atom is 0.319 e. The van der Waals surface area contributed by atoms with Crippen LogP contribution in [0, 0.1) is 11.6 Å². The van der Waals surface area contributed by atoms with E-state index in [1.807, 2.05) is 0 Å². The van der Waals surface area contributed by atoms with Gasteiger partial charge in [-0.2, -0.15) is 0 Å². The van der Waals surface area contributed by atoms with Crippen molar-refractivity contribution >= 4 is 28.7 Å². The number of carboxylic acids is 1. The number of pyridine rings is 2. The Balaban J connectivity index is 1.64. The maximum absolute atomic E-state index is 14.3. The number of urea groups is 1. The summed E-state index contributed by atoms with van der Waals surface area (Å²) in [5.41, 5.74) is -0.164. The van der Waals surface area contributed by atoms with Crippen LogP contribution < -0.4 is 16.2 Å². The third-order valence-corrected chi connectivity index (χ3v) is 5.57. The smallest absolute Gasteiger partial charge is 0.319 e. The van der Waals surface area contributed by atoms with Crippen molar-refractivity contribution in [3.63, 3.8) is 0 Å². The van der Waals surface area contributed by atoms with Crippen molar-refractivity contribution in [2.75, 3.05) is 5.32 Å². The Morgan fingerprint density at radius 2 is 1.89 bits per heavy atom. The number of halogens is 2. The van der Waals surface area contributed by atoms with Gasteiger partial charge in [-0.3, -0.25) is 14.2 Å². The van der Waals surface area contributed by atoms with Gasteiger partial charge in [0, 0.05) is 24.9 Å². The van der Waals surface area contributed by atoms with Crippen LogP contribution in [0.1, 0.15) is 18.0 Å². The molecule has 0 spiro atoms. The monoisotopic (exact) mass is 494 g/mol. The summed E-state index contributed by atoms with van der Waals surface area (Å²) in [5, 5.41) is 24.9. The van der Waals surface area contributed by atoms with Crippen molar-refractivity contribution < 1.29 is 28.6 Å². The summed E-state index contributed by atoms with van der Waals surface area (Å²) >= 11 is 0. The van der Waals surface area contributed by atoms with Gasteiger partial charge in [0.15, 0.2) is 11.4 Å². The summed E-state index contributed by atoms with van der Waals surface area (Å²) in [6, 6.07) is 10.2. The lowest BCUT2D eigenvalue weighted by Gasteiger charge is -2.19. The van der Waals surface area contributed by atoms with Gasteiger partial charge in [-0.15, -0.1) is 0 Å². The molecule has 36 heavy (non-hydrogen) atoms. The number of rotatable bonds is 6. The third-order valence-electron chi connectivity index (χ3n) is 5.57. The van der Waals surface area contributed by atoms with Gasteiger partial charge in [-0.05, 0) is 41.5 Å². The molecule has 0 radical (unpaired) electrons. The molecule has 1 atom stereocenters. The van der Waals surface area contributed by atoms with Crippen LogP contribution in [-0.4, -0.2) is 31.8 Å². The van der Waals surface area contributed by atoms with E-state index in [1.165, 1.54) is 37.5 Å². The normalized spacial score (nSPS) is 11.8. The molecule has 0 aliphatic rings. The Hall–Kier alpha value is -4.80. The van der Waals surface area contributed by atoms with Crippen molar-refractivity contribution in [1.29, 1.82) is 0 Å². The molecule has 2 aromatic heterocycles. The zero-order valence-electron chi connectivity index (χ0n) is 18.8. The highest BCUT2D eigenvalue weighted by Gasteiger charge is 2.22. The molecule has 4 aromatic rings. The predicted molar refractivity (Wildman–Crippen MR) is 128 cm³/mol. The van der Waals surface area contributed by atoms with E-state index in [9.17, 15) is 33.4 Å². The summed E-state index contributed by atoms with van der Waals surface area (Å²) in [6.07, 6.45) is 0.915. The fourth-order valence-electron chi connectivity index (χ4n) is 3.84. The van der Waals surface area contributed by atoms with Crippen LogP contribution in [0.4, 0.5) is 19.3 Å². The first-order valence-corrected chi connectivity index (χ1v) is 10.7. The number of aromatic hydroxyl groups is 1. The second-order valence-corrected chi connectivity index (χ2v) is 7.96. The van der Waals surface area contributed by atoms with E-state index in [2.05, 4.69) is 15.6 Å². The topological polar surface area (TPSA) is 134 Å². The van der Waals surface area contributed by atoms with Crippen molar-refractivity contribution in [3.05, 3.63) is 88.3 Å². The second-order valence-electron chi connectivity index (χ2n) is 7.96. The average Bonchev–Trinajstić information content (AvgIpc) is 2.84. The SMILES string of the molecule is Cn1c(=O)c(NC(=O)NC(CC(=O)O)c2cccc(-c3ccc(F)cc3F)c2)c(O)c2cccnc21. The number of aliphatic carboxylic acids is 1. The number of aryl methyl sites for hydroxylation is 1. The quantitative estimate of drug-likeness (QED) is 0.321. The van der Waals surface area contributed by atoms with Gasteiger partial charge in [0.1, 0.15) is 17.3 Å². The summed E-state index contributed by atoms with van der Waals surface area (Å²) < 4.78 is 28.7. The summed E-state index contributed by atoms with van der Waals surface area (Å²) in [7, 11) is 1.42. The van der Waals surface area contributed by atoms with E-state index in [0.717, 1.165) is 16.7 Å². The highest BCUT2D eigenvalue weighted by Crippen LogP contribution is 2.29. The number of hydrogen-bond donors (Lipinski definition) is 4. The second kappa shape index (κ2) is 9.82. The van der Waals surface area contributed by atoms with Crippen molar-refractivity contribution in [2.24, 2.45) is 7.05 Å². The van der Waals surface area contributed by atoms with Crippen LogP contribution in [0.5, 0.6) is 5.75 Å². The minimum Gasteiger partial charge on any atom is -0.505 e. The number of benzene rings is 2. The molecule has 1 unspecified atom stereocenters. The van der Waals surface area contributed by atoms with Crippen LogP contribution >= 0.6 is 0 Å². The number of nitrogens with zero attached hydrogens (tertiary/aromatic N) is 2. The highest BCUT2D eigenvalue weighted by molar-refractivity contribution is 5.96. The fourth-order valence-corrected chi connectivity index (χ4v) is 3.84. The molecular weight excluding hydrogens is 474 g/mol. The van der Waals surface area contributed by atoms with Crippen LogP contribution in [0.3, 0.4) is 0 Å². The first-order valence-electron chi connectivity index (χ1n) is 10.7. The van der Waals surface area contributed by atoms with Crippen LogP contribution in [0.2, 0.25) is 0 Å². The van der Waals surface area contributed by atoms with Crippen molar-refractivity contribution in [2.45, 2.75) is 12.5 Å². The Labute approximate surface area is 202 Å². The fraction of sp³-hybridized carbons (Fsp3) is 0.120. The van der Waals surface area contributed by atoms with E-state index in [4.69, 9.17) is 0 Å². The Bertz CT molecular complexity index is 1550. The van der Waals surface area contributed by atoms with Gasteiger partial charge < -0.3 is 20.8 Å². The zero-order chi connectivity index (χ0) is 26.0. The molecule has 0 fully saturated rings. The van der Waals surface area contributed by atoms with Crippen molar-refractivity contribution in [1.82, 2.24) is 14.9 Å². The number of amides is 2. The number of carboxylic acid groups (broad SMARTS) is 1. The molecule has 0 saturated heterocycles. The van der Waals surface area contributed by atoms with Gasteiger partial charge in [0.25, 0.3) is 5.56 Å². The number of carbonyl (C=O) groups is 2. The van der Waals surface area contributed by atoms with Crippen LogP contribution in [0.15, 0.2) is 65.6 Å². The van der Waals surface area contributed by atoms with Crippen LogP contribution in [0.25, 0.3) is 22.2 Å². The third kappa shape index (κ3) is 4.85. The molecule has 0 aliphatic carbocycles. The Morgan fingerprint density at radius 3 is 2.61 bits per heavy atom. The summed E-state index contributed by atoms with van der Waals surface area (Å²) in [5.74, 6) is -3.26. The molecule has 184 valence electrons. The largest absolute Gasteiger partial charge is 0.505 e. The standard InChI is InChI=1S/C25H20F2N4O5/c1-31-23-17(6-3-9-28-23)22(34)21(24(31)35)30-25(36)29-19(12-20(32)33)14-5-2-4-13(10-14)16-8-7-15(26)11-18(16)27/h2-11,19,34H,12H2,1H3,(H,32,33)(H2,29,30,36). The van der Waals surface area contributed by atoms with Gasteiger partial charge >= 0.3 is 12.0 Å². The molecule has 0 saturated carbocycles. The summed E-state index contributed by atoms with van der Waals surface area (Å²) in [6.45, 7) is 0. The Kier molecular flexibility index (Phi) is 6.64.